The van der Waals surface area contributed by atoms with Gasteiger partial charge in [0.05, 0.1) is 12.7 Å². The Bertz CT molecular complexity index is 229. The first-order valence-electron chi connectivity index (χ1n) is 4.76. The van der Waals surface area contributed by atoms with Crippen LogP contribution in [0.3, 0.4) is 0 Å². The Morgan fingerprint density at radius 3 is 2.62 bits per heavy atom. The van der Waals surface area contributed by atoms with Crippen LogP contribution in [-0.2, 0) is 14.3 Å². The van der Waals surface area contributed by atoms with E-state index >= 15 is 0 Å². The molecular formula is C10H16O3. The maximum absolute atomic E-state index is 11.3. The molecule has 3 atom stereocenters. The number of hydrogen-bond acceptors (Lipinski definition) is 3. The summed E-state index contributed by atoms with van der Waals surface area (Å²) in [4.78, 5) is 11.3. The van der Waals surface area contributed by atoms with Crippen LogP contribution in [0.2, 0.25) is 0 Å². The monoisotopic (exact) mass is 184 g/mol. The van der Waals surface area contributed by atoms with Crippen molar-refractivity contribution in [2.45, 2.75) is 33.0 Å². The second-order valence-corrected chi connectivity index (χ2v) is 4.97. The molecule has 0 aliphatic carbocycles. The third-order valence-electron chi connectivity index (χ3n) is 3.00. The van der Waals surface area contributed by atoms with Crippen LogP contribution in [0.25, 0.3) is 0 Å². The Balaban J connectivity index is 2.15. The molecule has 2 fully saturated rings. The molecule has 0 amide bonds. The van der Waals surface area contributed by atoms with Gasteiger partial charge in [0.2, 0.25) is 0 Å². The number of Topliss-reactive ketones (excluding diaryl/α,β-unsaturated/α-hetero) is 1. The smallest absolute Gasteiger partial charge is 0.189 e. The van der Waals surface area contributed by atoms with Crippen LogP contribution in [0.1, 0.15) is 20.8 Å². The molecule has 0 saturated carbocycles. The Kier molecular flexibility index (Phi) is 1.96. The van der Waals surface area contributed by atoms with E-state index in [9.17, 15) is 4.79 Å². The minimum absolute atomic E-state index is 0.00694. The van der Waals surface area contributed by atoms with E-state index in [2.05, 4.69) is 20.8 Å². The average Bonchev–Trinajstić information content (AvgIpc) is 2.51. The summed E-state index contributed by atoms with van der Waals surface area (Å²) in [6.45, 7) is 7.38. The third kappa shape index (κ3) is 1.40. The summed E-state index contributed by atoms with van der Waals surface area (Å²) >= 11 is 0. The molecule has 0 spiro atoms. The second kappa shape index (κ2) is 2.79. The van der Waals surface area contributed by atoms with Crippen LogP contribution < -0.4 is 0 Å². The Labute approximate surface area is 78.4 Å². The Hall–Kier alpha value is -0.410. The molecule has 2 aliphatic heterocycles. The number of fused-ring (bicyclic) bond motifs is 1. The van der Waals surface area contributed by atoms with Crippen molar-refractivity contribution in [1.82, 2.24) is 0 Å². The van der Waals surface area contributed by atoms with Gasteiger partial charge in [-0.1, -0.05) is 20.8 Å². The number of carbonyl (C=O) groups excluding carboxylic acids is 1. The molecule has 0 radical (unpaired) electrons. The van der Waals surface area contributed by atoms with Gasteiger partial charge in [-0.05, 0) is 5.41 Å². The van der Waals surface area contributed by atoms with Crippen LogP contribution >= 0.6 is 0 Å². The van der Waals surface area contributed by atoms with Crippen molar-refractivity contribution in [3.63, 3.8) is 0 Å². The summed E-state index contributed by atoms with van der Waals surface area (Å²) < 4.78 is 10.9. The van der Waals surface area contributed by atoms with Crippen LogP contribution in [0.4, 0.5) is 0 Å². The highest BCUT2D eigenvalue weighted by Gasteiger charge is 2.50. The van der Waals surface area contributed by atoms with Gasteiger partial charge < -0.3 is 9.47 Å². The van der Waals surface area contributed by atoms with Crippen molar-refractivity contribution in [3.05, 3.63) is 0 Å². The molecule has 2 saturated heterocycles. The normalized spacial score (nSPS) is 39.6. The van der Waals surface area contributed by atoms with Gasteiger partial charge in [0.1, 0.15) is 12.7 Å². The molecule has 3 unspecified atom stereocenters. The highest BCUT2D eigenvalue weighted by Crippen LogP contribution is 2.39. The van der Waals surface area contributed by atoms with Gasteiger partial charge in [-0.3, -0.25) is 4.79 Å². The maximum atomic E-state index is 11.3. The SMILES string of the molecule is CC(C)(C)C1COC2C(=O)COC21. The van der Waals surface area contributed by atoms with Gasteiger partial charge in [-0.15, -0.1) is 0 Å². The fourth-order valence-corrected chi connectivity index (χ4v) is 2.09. The van der Waals surface area contributed by atoms with Gasteiger partial charge in [0.25, 0.3) is 0 Å². The zero-order valence-electron chi connectivity index (χ0n) is 8.37. The quantitative estimate of drug-likeness (QED) is 0.563. The average molecular weight is 184 g/mol. The standard InChI is InChI=1S/C10H16O3/c1-10(2,3)6-4-12-9-7(11)5-13-8(6)9/h6,8-9H,4-5H2,1-3H3. The van der Waals surface area contributed by atoms with E-state index in [0.717, 1.165) is 0 Å². The van der Waals surface area contributed by atoms with E-state index in [1.807, 2.05) is 0 Å². The first kappa shape index (κ1) is 9.16. The zero-order valence-corrected chi connectivity index (χ0v) is 8.37. The summed E-state index contributed by atoms with van der Waals surface area (Å²) in [5.74, 6) is 0.459. The van der Waals surface area contributed by atoms with Gasteiger partial charge in [-0.25, -0.2) is 0 Å². The van der Waals surface area contributed by atoms with Crippen molar-refractivity contribution < 1.29 is 14.3 Å². The number of hydrogen-bond donors (Lipinski definition) is 0. The van der Waals surface area contributed by atoms with Crippen molar-refractivity contribution in [2.75, 3.05) is 13.2 Å². The van der Waals surface area contributed by atoms with Crippen LogP contribution in [0.5, 0.6) is 0 Å². The second-order valence-electron chi connectivity index (χ2n) is 4.97. The number of ketones is 1. The topological polar surface area (TPSA) is 35.5 Å². The lowest BCUT2D eigenvalue weighted by Crippen LogP contribution is -2.33. The summed E-state index contributed by atoms with van der Waals surface area (Å²) in [5, 5.41) is 0. The molecule has 0 aromatic heterocycles. The Morgan fingerprint density at radius 1 is 1.31 bits per heavy atom. The predicted molar refractivity (Wildman–Crippen MR) is 47.4 cm³/mol. The van der Waals surface area contributed by atoms with E-state index < -0.39 is 0 Å². The maximum Gasteiger partial charge on any atom is 0.189 e. The van der Waals surface area contributed by atoms with Crippen molar-refractivity contribution in [2.24, 2.45) is 11.3 Å². The van der Waals surface area contributed by atoms with Gasteiger partial charge in [0, 0.05) is 5.92 Å². The fourth-order valence-electron chi connectivity index (χ4n) is 2.09. The third-order valence-corrected chi connectivity index (χ3v) is 3.00. The van der Waals surface area contributed by atoms with Gasteiger partial charge in [-0.2, -0.15) is 0 Å². The molecule has 0 N–H and O–H groups in total. The zero-order chi connectivity index (χ0) is 9.64. The highest BCUT2D eigenvalue weighted by molar-refractivity contribution is 5.87. The minimum Gasteiger partial charge on any atom is -0.367 e. The number of rotatable bonds is 0. The fraction of sp³-hybridized carbons (Fsp3) is 0.900. The highest BCUT2D eigenvalue weighted by atomic mass is 16.6. The molecule has 13 heavy (non-hydrogen) atoms. The van der Waals surface area contributed by atoms with Gasteiger partial charge >= 0.3 is 0 Å². The summed E-state index contributed by atoms with van der Waals surface area (Å²) in [6, 6.07) is 0. The van der Waals surface area contributed by atoms with E-state index in [-0.39, 0.29) is 30.0 Å². The molecule has 0 bridgehead atoms. The number of carbonyl (C=O) groups is 1. The van der Waals surface area contributed by atoms with Crippen LogP contribution in [0, 0.1) is 11.3 Å². The first-order chi connectivity index (χ1) is 6.00. The number of ether oxygens (including phenoxy) is 2. The lowest BCUT2D eigenvalue weighted by atomic mass is 9.78. The summed E-state index contributed by atoms with van der Waals surface area (Å²) in [7, 11) is 0. The summed E-state index contributed by atoms with van der Waals surface area (Å²) in [6.07, 6.45) is -0.267. The molecule has 3 nitrogen and oxygen atoms in total. The molecule has 3 heteroatoms. The van der Waals surface area contributed by atoms with Crippen molar-refractivity contribution in [1.29, 1.82) is 0 Å². The lowest BCUT2D eigenvalue weighted by Gasteiger charge is -2.29. The van der Waals surface area contributed by atoms with Crippen LogP contribution in [0.15, 0.2) is 0 Å². The molecular weight excluding hydrogens is 168 g/mol. The molecule has 0 aromatic carbocycles. The first-order valence-corrected chi connectivity index (χ1v) is 4.76. The van der Waals surface area contributed by atoms with Crippen molar-refractivity contribution in [3.8, 4) is 0 Å². The molecule has 2 aliphatic rings. The molecule has 0 aromatic rings. The van der Waals surface area contributed by atoms with E-state index in [1.165, 1.54) is 0 Å². The van der Waals surface area contributed by atoms with Crippen LogP contribution in [-0.4, -0.2) is 31.2 Å². The van der Waals surface area contributed by atoms with Gasteiger partial charge in [0.15, 0.2) is 5.78 Å². The Morgan fingerprint density at radius 2 is 2.00 bits per heavy atom. The minimum atomic E-state index is -0.274. The molecule has 2 rings (SSSR count). The van der Waals surface area contributed by atoms with Crippen molar-refractivity contribution >= 4 is 5.78 Å². The van der Waals surface area contributed by atoms with E-state index in [4.69, 9.17) is 9.47 Å². The van der Waals surface area contributed by atoms with E-state index in [0.29, 0.717) is 12.5 Å². The summed E-state index contributed by atoms with van der Waals surface area (Å²) in [5.41, 5.74) is 0.157. The van der Waals surface area contributed by atoms with E-state index in [1.54, 1.807) is 0 Å². The molecule has 74 valence electrons. The largest absolute Gasteiger partial charge is 0.367 e. The molecule has 2 heterocycles. The lowest BCUT2D eigenvalue weighted by molar-refractivity contribution is -0.125. The predicted octanol–water partition coefficient (Wildman–Crippen LogP) is 1.02.